The smallest absolute Gasteiger partial charge is 0.337 e. The number of thiazole rings is 1. The second-order valence-electron chi connectivity index (χ2n) is 3.39. The highest BCUT2D eigenvalue weighted by atomic mass is 35.5. The topological polar surface area (TPSA) is 96.4 Å². The van der Waals surface area contributed by atoms with Crippen LogP contribution in [0.25, 0.3) is 0 Å². The van der Waals surface area contributed by atoms with E-state index in [1.54, 1.807) is 5.38 Å². The predicted octanol–water partition coefficient (Wildman–Crippen LogP) is 2.30. The summed E-state index contributed by atoms with van der Waals surface area (Å²) in [6.07, 6.45) is 1.45. The van der Waals surface area contributed by atoms with Crippen molar-refractivity contribution in [1.82, 2.24) is 4.98 Å². The summed E-state index contributed by atoms with van der Waals surface area (Å²) in [6, 6.07) is 3.45. The number of aromatic carboxylic acids is 1. The van der Waals surface area contributed by atoms with Crippen molar-refractivity contribution >= 4 is 44.1 Å². The fourth-order valence-corrected chi connectivity index (χ4v) is 3.30. The number of rotatable bonds is 4. The van der Waals surface area contributed by atoms with E-state index in [0.29, 0.717) is 0 Å². The SMILES string of the molecule is O=C(O)c1cc(S(=O)(=O)Nc2nccs2)ccc1Cl. The minimum absolute atomic E-state index is 0.0271. The quantitative estimate of drug-likeness (QED) is 0.901. The summed E-state index contributed by atoms with van der Waals surface area (Å²) in [6.45, 7) is 0. The third-order valence-electron chi connectivity index (χ3n) is 2.13. The third-order valence-corrected chi connectivity index (χ3v) is 4.62. The lowest BCUT2D eigenvalue weighted by molar-refractivity contribution is 0.0697. The van der Waals surface area contributed by atoms with Gasteiger partial charge >= 0.3 is 5.97 Å². The van der Waals surface area contributed by atoms with Crippen LogP contribution in [0.4, 0.5) is 5.13 Å². The average molecular weight is 319 g/mol. The standard InChI is InChI=1S/C10H7ClN2O4S2/c11-8-2-1-6(5-7(8)9(14)15)19(16,17)13-10-12-3-4-18-10/h1-5H,(H,12,13)(H,14,15). The third kappa shape index (κ3) is 3.03. The highest BCUT2D eigenvalue weighted by molar-refractivity contribution is 7.93. The molecular formula is C10H7ClN2O4S2. The first-order chi connectivity index (χ1) is 8.90. The Morgan fingerprint density at radius 2 is 2.16 bits per heavy atom. The maximum absolute atomic E-state index is 12.0. The molecule has 0 aliphatic carbocycles. The Hall–Kier alpha value is -1.64. The highest BCUT2D eigenvalue weighted by Gasteiger charge is 2.19. The number of aromatic nitrogens is 1. The largest absolute Gasteiger partial charge is 0.478 e. The number of carbonyl (C=O) groups is 1. The normalized spacial score (nSPS) is 11.2. The van der Waals surface area contributed by atoms with Crippen LogP contribution in [0.15, 0.2) is 34.7 Å². The van der Waals surface area contributed by atoms with Crippen molar-refractivity contribution in [3.63, 3.8) is 0 Å². The molecule has 6 nitrogen and oxygen atoms in total. The van der Waals surface area contributed by atoms with Gasteiger partial charge in [-0.1, -0.05) is 11.6 Å². The van der Waals surface area contributed by atoms with Crippen LogP contribution in [0.2, 0.25) is 5.02 Å². The Balaban J connectivity index is 2.41. The molecule has 2 N–H and O–H groups in total. The van der Waals surface area contributed by atoms with E-state index in [-0.39, 0.29) is 20.6 Å². The second kappa shape index (κ2) is 5.16. The molecule has 1 heterocycles. The van der Waals surface area contributed by atoms with Gasteiger partial charge in [-0.05, 0) is 18.2 Å². The minimum Gasteiger partial charge on any atom is -0.478 e. The number of carboxylic acid groups (broad SMARTS) is 1. The average Bonchev–Trinajstić information content (AvgIpc) is 2.80. The molecule has 0 aliphatic rings. The first kappa shape index (κ1) is 13.8. The van der Waals surface area contributed by atoms with Gasteiger partial charge < -0.3 is 5.11 Å². The van der Waals surface area contributed by atoms with E-state index in [4.69, 9.17) is 16.7 Å². The molecule has 0 aliphatic heterocycles. The monoisotopic (exact) mass is 318 g/mol. The van der Waals surface area contributed by atoms with Gasteiger partial charge in [-0.25, -0.2) is 18.2 Å². The number of hydrogen-bond acceptors (Lipinski definition) is 5. The van der Waals surface area contributed by atoms with Crippen molar-refractivity contribution < 1.29 is 18.3 Å². The van der Waals surface area contributed by atoms with Gasteiger partial charge in [0.15, 0.2) is 5.13 Å². The summed E-state index contributed by atoms with van der Waals surface area (Å²) < 4.78 is 26.3. The molecule has 0 atom stereocenters. The minimum atomic E-state index is -3.88. The van der Waals surface area contributed by atoms with Crippen molar-refractivity contribution in [2.45, 2.75) is 4.90 Å². The number of halogens is 1. The number of anilines is 1. The lowest BCUT2D eigenvalue weighted by Crippen LogP contribution is -2.13. The van der Waals surface area contributed by atoms with E-state index in [0.717, 1.165) is 17.4 Å². The Morgan fingerprint density at radius 3 is 2.74 bits per heavy atom. The Morgan fingerprint density at radius 1 is 1.42 bits per heavy atom. The molecule has 0 saturated heterocycles. The van der Waals surface area contributed by atoms with E-state index in [9.17, 15) is 13.2 Å². The van der Waals surface area contributed by atoms with Crippen LogP contribution in [0.1, 0.15) is 10.4 Å². The van der Waals surface area contributed by atoms with Crippen LogP contribution in [0.3, 0.4) is 0 Å². The molecule has 0 unspecified atom stereocenters. The zero-order valence-corrected chi connectivity index (χ0v) is 11.6. The van der Waals surface area contributed by atoms with Crippen LogP contribution in [0.5, 0.6) is 0 Å². The summed E-state index contributed by atoms with van der Waals surface area (Å²) in [5, 5.41) is 10.7. The van der Waals surface area contributed by atoms with E-state index in [2.05, 4.69) is 9.71 Å². The Labute approximate surface area is 117 Å². The van der Waals surface area contributed by atoms with Crippen LogP contribution in [-0.4, -0.2) is 24.5 Å². The summed E-state index contributed by atoms with van der Waals surface area (Å²) >= 11 is 6.79. The molecule has 2 aromatic rings. The lowest BCUT2D eigenvalue weighted by atomic mass is 10.2. The molecule has 0 spiro atoms. The van der Waals surface area contributed by atoms with Crippen molar-refractivity contribution in [2.24, 2.45) is 0 Å². The number of hydrogen-bond donors (Lipinski definition) is 2. The molecule has 0 bridgehead atoms. The van der Waals surface area contributed by atoms with Crippen molar-refractivity contribution in [3.05, 3.63) is 40.4 Å². The zero-order chi connectivity index (χ0) is 14.0. The lowest BCUT2D eigenvalue weighted by Gasteiger charge is -2.06. The van der Waals surface area contributed by atoms with E-state index >= 15 is 0 Å². The van der Waals surface area contributed by atoms with Crippen LogP contribution in [-0.2, 0) is 10.0 Å². The molecular weight excluding hydrogens is 312 g/mol. The van der Waals surface area contributed by atoms with Gasteiger partial charge in [0.05, 0.1) is 15.5 Å². The van der Waals surface area contributed by atoms with Crippen LogP contribution < -0.4 is 4.72 Å². The molecule has 0 fully saturated rings. The number of carboxylic acids is 1. The Kier molecular flexibility index (Phi) is 3.74. The predicted molar refractivity (Wildman–Crippen MR) is 71.3 cm³/mol. The van der Waals surface area contributed by atoms with Gasteiger partial charge in [-0.15, -0.1) is 11.3 Å². The van der Waals surface area contributed by atoms with E-state index < -0.39 is 16.0 Å². The first-order valence-electron chi connectivity index (χ1n) is 4.85. The summed E-state index contributed by atoms with van der Waals surface area (Å²) in [5.74, 6) is -1.30. The fraction of sp³-hybridized carbons (Fsp3) is 0. The fourth-order valence-electron chi connectivity index (χ4n) is 1.28. The van der Waals surface area contributed by atoms with E-state index in [1.807, 2.05) is 0 Å². The molecule has 0 saturated carbocycles. The van der Waals surface area contributed by atoms with Crippen LogP contribution >= 0.6 is 22.9 Å². The summed E-state index contributed by atoms with van der Waals surface area (Å²) in [7, 11) is -3.88. The molecule has 100 valence electrons. The molecule has 0 radical (unpaired) electrons. The van der Waals surface area contributed by atoms with Gasteiger partial charge in [-0.2, -0.15) is 0 Å². The van der Waals surface area contributed by atoms with Crippen molar-refractivity contribution in [3.8, 4) is 0 Å². The summed E-state index contributed by atoms with van der Waals surface area (Å²) in [5.41, 5.74) is -0.274. The number of nitrogens with one attached hydrogen (secondary N) is 1. The van der Waals surface area contributed by atoms with Gasteiger partial charge in [-0.3, -0.25) is 4.72 Å². The van der Waals surface area contributed by atoms with E-state index in [1.165, 1.54) is 18.3 Å². The number of benzene rings is 1. The maximum atomic E-state index is 12.0. The van der Waals surface area contributed by atoms with Gasteiger partial charge in [0, 0.05) is 11.6 Å². The van der Waals surface area contributed by atoms with Crippen LogP contribution in [0, 0.1) is 0 Å². The molecule has 1 aromatic carbocycles. The van der Waals surface area contributed by atoms with Crippen molar-refractivity contribution in [1.29, 1.82) is 0 Å². The molecule has 0 amide bonds. The first-order valence-corrected chi connectivity index (χ1v) is 7.59. The summed E-state index contributed by atoms with van der Waals surface area (Å²) in [4.78, 5) is 14.5. The number of sulfonamides is 1. The van der Waals surface area contributed by atoms with Crippen molar-refractivity contribution in [2.75, 3.05) is 4.72 Å². The molecule has 1 aromatic heterocycles. The second-order valence-corrected chi connectivity index (χ2v) is 6.37. The molecule has 2 rings (SSSR count). The zero-order valence-electron chi connectivity index (χ0n) is 9.20. The van der Waals surface area contributed by atoms with Gasteiger partial charge in [0.25, 0.3) is 10.0 Å². The number of nitrogens with zero attached hydrogens (tertiary/aromatic N) is 1. The Bertz CT molecular complexity index is 713. The molecule has 19 heavy (non-hydrogen) atoms. The maximum Gasteiger partial charge on any atom is 0.337 e. The molecule has 9 heteroatoms. The highest BCUT2D eigenvalue weighted by Crippen LogP contribution is 2.23. The van der Waals surface area contributed by atoms with Gasteiger partial charge in [0.2, 0.25) is 0 Å². The van der Waals surface area contributed by atoms with Gasteiger partial charge in [0.1, 0.15) is 0 Å².